The molecule has 0 amide bonds. The van der Waals surface area contributed by atoms with Gasteiger partial charge in [0.2, 0.25) is 5.88 Å². The topological polar surface area (TPSA) is 59.4 Å². The SMILES string of the molecule is CC(=O)/C=C(/C)O.[Ir].[c-]1ccccc1Oc1cc2c(ccc3ccccc32)cn1. The number of aromatic nitrogens is 1. The van der Waals surface area contributed by atoms with Crippen LogP contribution in [0.2, 0.25) is 0 Å². The fourth-order valence-corrected chi connectivity index (χ4v) is 2.78. The first-order valence-corrected chi connectivity index (χ1v) is 8.83. The molecule has 149 valence electrons. The van der Waals surface area contributed by atoms with E-state index >= 15 is 0 Å². The van der Waals surface area contributed by atoms with E-state index in [0.717, 1.165) is 10.8 Å². The minimum atomic E-state index is -0.125. The number of ether oxygens (including phenoxy) is 1. The summed E-state index contributed by atoms with van der Waals surface area (Å²) >= 11 is 0. The van der Waals surface area contributed by atoms with Crippen molar-refractivity contribution in [2.75, 3.05) is 0 Å². The van der Waals surface area contributed by atoms with E-state index in [1.54, 1.807) is 0 Å². The van der Waals surface area contributed by atoms with E-state index in [2.05, 4.69) is 35.3 Å². The number of para-hydroxylation sites is 1. The number of nitrogens with zero attached hydrogens (tertiary/aromatic N) is 1. The van der Waals surface area contributed by atoms with Crippen LogP contribution in [-0.2, 0) is 24.9 Å². The maximum atomic E-state index is 10.0. The van der Waals surface area contributed by atoms with Gasteiger partial charge in [-0.15, -0.1) is 12.1 Å². The molecular formula is C24H20IrNO3-. The van der Waals surface area contributed by atoms with Crippen LogP contribution in [0.3, 0.4) is 0 Å². The van der Waals surface area contributed by atoms with E-state index < -0.39 is 0 Å². The number of hydrogen-bond acceptors (Lipinski definition) is 4. The first kappa shape index (κ1) is 22.3. The van der Waals surface area contributed by atoms with Crippen LogP contribution < -0.4 is 4.74 Å². The van der Waals surface area contributed by atoms with Crippen molar-refractivity contribution in [1.82, 2.24) is 4.98 Å². The van der Waals surface area contributed by atoms with Gasteiger partial charge in [-0.25, -0.2) is 4.98 Å². The number of allylic oxidation sites excluding steroid dienone is 2. The Bertz CT molecular complexity index is 1140. The quantitative estimate of drug-likeness (QED) is 0.144. The number of pyridine rings is 1. The van der Waals surface area contributed by atoms with Crippen LogP contribution in [0.15, 0.2) is 84.8 Å². The summed E-state index contributed by atoms with van der Waals surface area (Å²) in [5.74, 6) is 1.19. The molecule has 4 nitrogen and oxygen atoms in total. The first-order valence-electron chi connectivity index (χ1n) is 8.83. The van der Waals surface area contributed by atoms with Gasteiger partial charge in [0.1, 0.15) is 0 Å². The summed E-state index contributed by atoms with van der Waals surface area (Å²) in [6, 6.07) is 25.1. The molecule has 3 aromatic carbocycles. The third-order valence-corrected chi connectivity index (χ3v) is 3.91. The summed E-state index contributed by atoms with van der Waals surface area (Å²) in [4.78, 5) is 14.4. The Morgan fingerprint density at radius 2 is 1.72 bits per heavy atom. The van der Waals surface area contributed by atoms with E-state index in [-0.39, 0.29) is 31.6 Å². The van der Waals surface area contributed by atoms with Crippen molar-refractivity contribution >= 4 is 27.3 Å². The third-order valence-electron chi connectivity index (χ3n) is 3.91. The first-order chi connectivity index (χ1) is 13.5. The van der Waals surface area contributed by atoms with E-state index in [1.165, 1.54) is 30.7 Å². The van der Waals surface area contributed by atoms with Crippen LogP contribution in [-0.4, -0.2) is 15.9 Å². The second-order valence-electron chi connectivity index (χ2n) is 6.26. The van der Waals surface area contributed by atoms with Gasteiger partial charge < -0.3 is 9.84 Å². The van der Waals surface area contributed by atoms with Gasteiger partial charge in [-0.05, 0) is 30.0 Å². The van der Waals surface area contributed by atoms with Crippen molar-refractivity contribution in [2.24, 2.45) is 0 Å². The average molecular weight is 563 g/mol. The zero-order valence-corrected chi connectivity index (χ0v) is 18.4. The summed E-state index contributed by atoms with van der Waals surface area (Å²) in [6.07, 6.45) is 3.01. The fourth-order valence-electron chi connectivity index (χ4n) is 2.78. The Hall–Kier alpha value is -3.01. The molecule has 0 fully saturated rings. The Labute approximate surface area is 183 Å². The van der Waals surface area contributed by atoms with Gasteiger partial charge in [0.15, 0.2) is 5.78 Å². The van der Waals surface area contributed by atoms with Crippen molar-refractivity contribution in [3.05, 3.63) is 90.8 Å². The smallest absolute Gasteiger partial charge is 0.217 e. The standard InChI is InChI=1S/C19H12NO.C5H8O2.Ir/c1-2-7-16(8-3-1)21-19-12-18-15(13-20-19)11-10-14-6-4-5-9-17(14)18;1-4(6)3-5(2)7;/h1-7,9-13H;3,6H,1-2H3;/q-1;;/b;4-3-;. The monoisotopic (exact) mass is 563 g/mol. The summed E-state index contributed by atoms with van der Waals surface area (Å²) in [5.41, 5.74) is 0. The van der Waals surface area contributed by atoms with Gasteiger partial charge >= 0.3 is 0 Å². The molecule has 0 atom stereocenters. The number of benzene rings is 3. The summed E-state index contributed by atoms with van der Waals surface area (Å²) < 4.78 is 5.77. The van der Waals surface area contributed by atoms with Crippen molar-refractivity contribution in [3.63, 3.8) is 0 Å². The Morgan fingerprint density at radius 3 is 2.38 bits per heavy atom. The predicted octanol–water partition coefficient (Wildman–Crippen LogP) is 6.02. The third kappa shape index (κ3) is 6.24. The molecule has 4 rings (SSSR count). The summed E-state index contributed by atoms with van der Waals surface area (Å²) in [7, 11) is 0. The van der Waals surface area contributed by atoms with Gasteiger partial charge in [0.25, 0.3) is 0 Å². The molecule has 5 heteroatoms. The van der Waals surface area contributed by atoms with Gasteiger partial charge in [0.05, 0.1) is 5.76 Å². The molecule has 0 aliphatic carbocycles. The second-order valence-corrected chi connectivity index (χ2v) is 6.26. The van der Waals surface area contributed by atoms with E-state index in [4.69, 9.17) is 9.84 Å². The minimum Gasteiger partial charge on any atom is -0.512 e. The van der Waals surface area contributed by atoms with Crippen LogP contribution in [0.4, 0.5) is 0 Å². The zero-order valence-electron chi connectivity index (χ0n) is 16.0. The molecule has 1 aromatic heterocycles. The molecular weight excluding hydrogens is 542 g/mol. The van der Waals surface area contributed by atoms with E-state index in [9.17, 15) is 4.79 Å². The molecule has 0 saturated heterocycles. The molecule has 0 aliphatic rings. The normalized spacial score (nSPS) is 10.6. The molecule has 0 saturated carbocycles. The van der Waals surface area contributed by atoms with Crippen LogP contribution in [0.5, 0.6) is 11.6 Å². The molecule has 0 bridgehead atoms. The predicted molar refractivity (Wildman–Crippen MR) is 112 cm³/mol. The number of carbonyl (C=O) groups is 1. The molecule has 0 unspecified atom stereocenters. The van der Waals surface area contributed by atoms with Crippen LogP contribution in [0, 0.1) is 6.07 Å². The van der Waals surface area contributed by atoms with Crippen molar-refractivity contribution < 1.29 is 34.7 Å². The number of aliphatic hydroxyl groups excluding tert-OH is 1. The minimum absolute atomic E-state index is 0. The average Bonchev–Trinajstić information content (AvgIpc) is 2.68. The molecule has 1 N–H and O–H groups in total. The number of carbonyl (C=O) groups excluding carboxylic acids is 1. The maximum absolute atomic E-state index is 10.0. The largest absolute Gasteiger partial charge is 0.512 e. The molecule has 1 radical (unpaired) electrons. The number of ketones is 1. The summed E-state index contributed by atoms with van der Waals surface area (Å²) in [6.45, 7) is 2.85. The van der Waals surface area contributed by atoms with Crippen LogP contribution in [0.1, 0.15) is 13.8 Å². The van der Waals surface area contributed by atoms with Gasteiger partial charge in [0, 0.05) is 49.6 Å². The molecule has 1 heterocycles. The van der Waals surface area contributed by atoms with Gasteiger partial charge in [-0.2, -0.15) is 18.2 Å². The van der Waals surface area contributed by atoms with Crippen molar-refractivity contribution in [3.8, 4) is 11.6 Å². The number of aliphatic hydroxyl groups is 1. The fraction of sp³-hybridized carbons (Fsp3) is 0.0833. The number of fused-ring (bicyclic) bond motifs is 3. The molecule has 0 aliphatic heterocycles. The zero-order chi connectivity index (χ0) is 19.9. The molecule has 4 aromatic rings. The Kier molecular flexibility index (Phi) is 8.08. The maximum Gasteiger partial charge on any atom is 0.217 e. The number of rotatable bonds is 3. The van der Waals surface area contributed by atoms with E-state index in [1.807, 2.05) is 48.7 Å². The van der Waals surface area contributed by atoms with Crippen molar-refractivity contribution in [2.45, 2.75) is 13.8 Å². The Balaban J connectivity index is 0.000000327. The molecule has 0 spiro atoms. The van der Waals surface area contributed by atoms with E-state index in [0.29, 0.717) is 11.6 Å². The van der Waals surface area contributed by atoms with Gasteiger partial charge in [-0.3, -0.25) is 4.79 Å². The second kappa shape index (κ2) is 10.5. The van der Waals surface area contributed by atoms with Crippen molar-refractivity contribution in [1.29, 1.82) is 0 Å². The molecule has 29 heavy (non-hydrogen) atoms. The number of hydrogen-bond donors (Lipinski definition) is 1. The van der Waals surface area contributed by atoms with Crippen LogP contribution in [0.25, 0.3) is 21.5 Å². The summed E-state index contributed by atoms with van der Waals surface area (Å²) in [5, 5.41) is 13.0. The van der Waals surface area contributed by atoms with Gasteiger partial charge in [-0.1, -0.05) is 36.4 Å². The van der Waals surface area contributed by atoms with Crippen LogP contribution >= 0.6 is 0 Å². The Morgan fingerprint density at radius 1 is 1.00 bits per heavy atom.